The topological polar surface area (TPSA) is 183 Å². The number of carbonyl (C=O) groups is 1. The van der Waals surface area contributed by atoms with Crippen molar-refractivity contribution in [1.29, 1.82) is 0 Å². The maximum absolute atomic E-state index is 12.9. The van der Waals surface area contributed by atoms with E-state index in [0.29, 0.717) is 19.3 Å². The SMILES string of the molecule is CCCCCCCCCCCCCCC(O)C(O)C(COC1OC(CO)CC(O)C1O)NC(=O)CCCCCCCCCCS(=O)(=O)C(C)C. The molecule has 1 amide bonds. The van der Waals surface area contributed by atoms with E-state index in [0.717, 1.165) is 64.2 Å². The van der Waals surface area contributed by atoms with E-state index in [1.807, 2.05) is 0 Å². The molecular formula is C38H75NO10S. The van der Waals surface area contributed by atoms with Crippen LogP contribution in [0.15, 0.2) is 0 Å². The van der Waals surface area contributed by atoms with Gasteiger partial charge in [-0.15, -0.1) is 0 Å². The summed E-state index contributed by atoms with van der Waals surface area (Å²) in [5.74, 6) is -0.0315. The van der Waals surface area contributed by atoms with Crippen molar-refractivity contribution in [2.24, 2.45) is 0 Å². The summed E-state index contributed by atoms with van der Waals surface area (Å²) in [6, 6.07) is -0.961. The Kier molecular flexibility index (Phi) is 27.0. The first-order valence-corrected chi connectivity index (χ1v) is 21.8. The lowest BCUT2D eigenvalue weighted by Crippen LogP contribution is -2.54. The maximum Gasteiger partial charge on any atom is 0.220 e. The van der Waals surface area contributed by atoms with Crippen LogP contribution in [0.25, 0.3) is 0 Å². The zero-order valence-electron chi connectivity index (χ0n) is 31.7. The van der Waals surface area contributed by atoms with Crippen LogP contribution in [0.5, 0.6) is 0 Å². The molecule has 0 spiro atoms. The number of aliphatic hydroxyl groups excluding tert-OH is 5. The van der Waals surface area contributed by atoms with Crippen LogP contribution in [-0.4, -0.2) is 107 Å². The average Bonchev–Trinajstić information content (AvgIpc) is 3.08. The predicted molar refractivity (Wildman–Crippen MR) is 198 cm³/mol. The maximum atomic E-state index is 12.9. The van der Waals surface area contributed by atoms with Gasteiger partial charge in [-0.2, -0.15) is 0 Å². The zero-order chi connectivity index (χ0) is 37.2. The first kappa shape index (κ1) is 47.2. The molecule has 7 atom stereocenters. The number of ether oxygens (including phenoxy) is 2. The Morgan fingerprint density at radius 1 is 0.800 bits per heavy atom. The molecule has 6 N–H and O–H groups in total. The minimum Gasteiger partial charge on any atom is -0.394 e. The van der Waals surface area contributed by atoms with Gasteiger partial charge in [0.15, 0.2) is 16.1 Å². The quantitative estimate of drug-likeness (QED) is 0.0485. The summed E-state index contributed by atoms with van der Waals surface area (Å²) in [5, 5.41) is 54.4. The van der Waals surface area contributed by atoms with Crippen LogP contribution in [0, 0.1) is 0 Å². The van der Waals surface area contributed by atoms with Gasteiger partial charge in [0.25, 0.3) is 0 Å². The lowest BCUT2D eigenvalue weighted by atomic mass is 9.99. The highest BCUT2D eigenvalue weighted by Crippen LogP contribution is 2.22. The first-order valence-electron chi connectivity index (χ1n) is 20.0. The van der Waals surface area contributed by atoms with Crippen molar-refractivity contribution in [1.82, 2.24) is 5.32 Å². The third-order valence-electron chi connectivity index (χ3n) is 9.95. The smallest absolute Gasteiger partial charge is 0.220 e. The van der Waals surface area contributed by atoms with E-state index in [9.17, 15) is 38.7 Å². The molecule has 1 aliphatic rings. The number of aliphatic hydroxyl groups is 5. The molecule has 11 nitrogen and oxygen atoms in total. The zero-order valence-corrected chi connectivity index (χ0v) is 32.5. The highest BCUT2D eigenvalue weighted by atomic mass is 32.2. The van der Waals surface area contributed by atoms with Gasteiger partial charge in [0.05, 0.1) is 48.6 Å². The van der Waals surface area contributed by atoms with E-state index < -0.39 is 52.7 Å². The van der Waals surface area contributed by atoms with Crippen molar-refractivity contribution in [2.45, 2.75) is 217 Å². The van der Waals surface area contributed by atoms with E-state index in [1.54, 1.807) is 13.8 Å². The van der Waals surface area contributed by atoms with Crippen molar-refractivity contribution in [3.63, 3.8) is 0 Å². The molecule has 0 aromatic rings. The number of rotatable bonds is 32. The summed E-state index contributed by atoms with van der Waals surface area (Å²) < 4.78 is 35.1. The molecule has 1 heterocycles. The monoisotopic (exact) mass is 738 g/mol. The summed E-state index contributed by atoms with van der Waals surface area (Å²) in [7, 11) is -2.97. The van der Waals surface area contributed by atoms with Gasteiger partial charge in [0.2, 0.25) is 5.91 Å². The average molecular weight is 738 g/mol. The van der Waals surface area contributed by atoms with Gasteiger partial charge in [0.1, 0.15) is 12.2 Å². The van der Waals surface area contributed by atoms with Crippen molar-refractivity contribution < 1.29 is 48.2 Å². The molecule has 0 radical (unpaired) electrons. The Balaban J connectivity index is 2.46. The van der Waals surface area contributed by atoms with Crippen LogP contribution in [0.4, 0.5) is 0 Å². The largest absolute Gasteiger partial charge is 0.394 e. The van der Waals surface area contributed by atoms with E-state index in [-0.39, 0.29) is 43.0 Å². The van der Waals surface area contributed by atoms with E-state index >= 15 is 0 Å². The Bertz CT molecular complexity index is 937. The normalized spacial score (nSPS) is 21.7. The van der Waals surface area contributed by atoms with Gasteiger partial charge in [0, 0.05) is 12.8 Å². The van der Waals surface area contributed by atoms with E-state index in [2.05, 4.69) is 12.2 Å². The third-order valence-corrected chi connectivity index (χ3v) is 12.2. The molecule has 0 aliphatic carbocycles. The Morgan fingerprint density at radius 3 is 1.82 bits per heavy atom. The highest BCUT2D eigenvalue weighted by molar-refractivity contribution is 7.91. The second-order valence-electron chi connectivity index (χ2n) is 14.8. The number of unbranched alkanes of at least 4 members (excludes halogenated alkanes) is 18. The molecule has 1 rings (SSSR count). The van der Waals surface area contributed by atoms with Gasteiger partial charge in [-0.25, -0.2) is 8.42 Å². The van der Waals surface area contributed by atoms with Crippen molar-refractivity contribution >= 4 is 15.7 Å². The minimum absolute atomic E-state index is 0.0563. The molecule has 1 saturated heterocycles. The van der Waals surface area contributed by atoms with Crippen LogP contribution in [0.2, 0.25) is 0 Å². The van der Waals surface area contributed by atoms with Gasteiger partial charge in [-0.3, -0.25) is 4.79 Å². The molecule has 12 heteroatoms. The number of amides is 1. The second-order valence-corrected chi connectivity index (χ2v) is 17.5. The summed E-state index contributed by atoms with van der Waals surface area (Å²) in [6.07, 6.45) is 15.3. The van der Waals surface area contributed by atoms with Crippen LogP contribution >= 0.6 is 0 Å². The van der Waals surface area contributed by atoms with Gasteiger partial charge in [-0.05, 0) is 33.1 Å². The number of hydrogen-bond donors (Lipinski definition) is 6. The van der Waals surface area contributed by atoms with Gasteiger partial charge < -0.3 is 40.3 Å². The van der Waals surface area contributed by atoms with Crippen LogP contribution in [0.1, 0.15) is 168 Å². The van der Waals surface area contributed by atoms with Crippen LogP contribution in [-0.2, 0) is 24.1 Å². The Morgan fingerprint density at radius 2 is 1.30 bits per heavy atom. The summed E-state index contributed by atoms with van der Waals surface area (Å²) in [4.78, 5) is 12.9. The molecule has 0 bridgehead atoms. The lowest BCUT2D eigenvalue weighted by Gasteiger charge is -2.37. The fourth-order valence-corrected chi connectivity index (χ4v) is 7.47. The Labute approximate surface area is 304 Å². The third kappa shape index (κ3) is 21.6. The van der Waals surface area contributed by atoms with Crippen LogP contribution in [0.3, 0.4) is 0 Å². The van der Waals surface area contributed by atoms with Gasteiger partial charge >= 0.3 is 0 Å². The molecule has 0 aromatic heterocycles. The fourth-order valence-electron chi connectivity index (χ4n) is 6.39. The number of nitrogens with one attached hydrogen (secondary N) is 1. The fraction of sp³-hybridized carbons (Fsp3) is 0.974. The van der Waals surface area contributed by atoms with E-state index in [4.69, 9.17) is 9.47 Å². The van der Waals surface area contributed by atoms with E-state index in [1.165, 1.54) is 51.4 Å². The molecule has 1 aliphatic heterocycles. The highest BCUT2D eigenvalue weighted by Gasteiger charge is 2.38. The first-order chi connectivity index (χ1) is 23.9. The van der Waals surface area contributed by atoms with Gasteiger partial charge in [-0.1, -0.05) is 122 Å². The molecule has 1 fully saturated rings. The molecular weight excluding hydrogens is 662 g/mol. The summed E-state index contributed by atoms with van der Waals surface area (Å²) in [6.45, 7) is 5.05. The number of hydrogen-bond acceptors (Lipinski definition) is 10. The van der Waals surface area contributed by atoms with Crippen molar-refractivity contribution in [3.8, 4) is 0 Å². The predicted octanol–water partition coefficient (Wildman–Crippen LogP) is 5.46. The van der Waals surface area contributed by atoms with Crippen molar-refractivity contribution in [2.75, 3.05) is 19.0 Å². The lowest BCUT2D eigenvalue weighted by molar-refractivity contribution is -0.274. The second kappa shape index (κ2) is 28.6. The minimum atomic E-state index is -2.97. The number of carbonyl (C=O) groups excluding carboxylic acids is 1. The Hall–Kier alpha value is -0.860. The standard InChI is InChI=1S/C38H75NO10S/c1-4-5-6-7-8-9-10-11-12-15-18-21-24-33(41)36(44)32(29-48-38-37(45)34(42)27-31(28-40)49-38)39-35(43)25-22-19-16-13-14-17-20-23-26-50(46,47)30(2)3/h30-34,36-38,40-42,44-45H,4-29H2,1-3H3,(H,39,43). The molecule has 0 aromatic carbocycles. The summed E-state index contributed by atoms with van der Waals surface area (Å²) >= 11 is 0. The summed E-state index contributed by atoms with van der Waals surface area (Å²) in [5.41, 5.74) is 0. The number of sulfone groups is 1. The molecule has 7 unspecified atom stereocenters. The molecule has 50 heavy (non-hydrogen) atoms. The van der Waals surface area contributed by atoms with Crippen LogP contribution < -0.4 is 5.32 Å². The van der Waals surface area contributed by atoms with Crippen molar-refractivity contribution in [3.05, 3.63) is 0 Å². The molecule has 298 valence electrons. The molecule has 0 saturated carbocycles.